The fraction of sp³-hybridized carbons (Fsp3) is 0.550. The number of piperidine rings is 1. The van der Waals surface area contributed by atoms with Crippen molar-refractivity contribution in [3.8, 4) is 11.5 Å². The molecule has 0 aliphatic carbocycles. The molecule has 0 saturated carbocycles. The number of likely N-dealkylation sites (tertiary alicyclic amines) is 1. The van der Waals surface area contributed by atoms with E-state index in [0.29, 0.717) is 24.3 Å². The van der Waals surface area contributed by atoms with Crippen LogP contribution >= 0.6 is 11.8 Å². The van der Waals surface area contributed by atoms with E-state index in [2.05, 4.69) is 24.0 Å². The Labute approximate surface area is 169 Å². The highest BCUT2D eigenvalue weighted by molar-refractivity contribution is 7.99. The van der Waals surface area contributed by atoms with Gasteiger partial charge in [0.2, 0.25) is 12.7 Å². The van der Waals surface area contributed by atoms with Crippen molar-refractivity contribution in [1.82, 2.24) is 19.7 Å². The number of rotatable bonds is 5. The molecule has 0 bridgehead atoms. The van der Waals surface area contributed by atoms with Crippen molar-refractivity contribution in [3.63, 3.8) is 0 Å². The highest BCUT2D eigenvalue weighted by atomic mass is 32.2. The Bertz CT molecular complexity index is 859. The van der Waals surface area contributed by atoms with E-state index in [0.717, 1.165) is 40.9 Å². The topological polar surface area (TPSA) is 69.5 Å². The lowest BCUT2D eigenvalue weighted by molar-refractivity contribution is -0.134. The number of ether oxygens (including phenoxy) is 2. The van der Waals surface area contributed by atoms with E-state index < -0.39 is 0 Å². The van der Waals surface area contributed by atoms with Crippen LogP contribution in [0.25, 0.3) is 0 Å². The summed E-state index contributed by atoms with van der Waals surface area (Å²) in [7, 11) is 1.95. The van der Waals surface area contributed by atoms with Gasteiger partial charge in [-0.05, 0) is 50.8 Å². The van der Waals surface area contributed by atoms with Crippen LogP contribution in [0.3, 0.4) is 0 Å². The zero-order chi connectivity index (χ0) is 19.7. The van der Waals surface area contributed by atoms with Gasteiger partial charge in [0.1, 0.15) is 5.82 Å². The first kappa shape index (κ1) is 19.1. The Morgan fingerprint density at radius 1 is 1.18 bits per heavy atom. The van der Waals surface area contributed by atoms with E-state index in [1.54, 1.807) is 0 Å². The molecule has 28 heavy (non-hydrogen) atoms. The molecule has 0 N–H and O–H groups in total. The van der Waals surface area contributed by atoms with E-state index >= 15 is 0 Å². The molecule has 2 atom stereocenters. The van der Waals surface area contributed by atoms with Gasteiger partial charge in [-0.3, -0.25) is 4.79 Å². The fourth-order valence-corrected chi connectivity index (χ4v) is 4.77. The summed E-state index contributed by atoms with van der Waals surface area (Å²) in [6.07, 6.45) is 4.02. The third-order valence-corrected chi connectivity index (χ3v) is 6.54. The number of aromatic nitrogens is 3. The van der Waals surface area contributed by atoms with Gasteiger partial charge in [0.15, 0.2) is 16.7 Å². The third kappa shape index (κ3) is 3.83. The van der Waals surface area contributed by atoms with Crippen molar-refractivity contribution in [2.24, 2.45) is 7.05 Å². The van der Waals surface area contributed by atoms with Crippen LogP contribution in [0.15, 0.2) is 23.4 Å². The van der Waals surface area contributed by atoms with Crippen LogP contribution in [0.5, 0.6) is 11.5 Å². The lowest BCUT2D eigenvalue weighted by atomic mass is 9.98. The first-order valence-corrected chi connectivity index (χ1v) is 10.7. The maximum absolute atomic E-state index is 12.7. The highest BCUT2D eigenvalue weighted by Gasteiger charge is 2.29. The monoisotopic (exact) mass is 402 g/mol. The quantitative estimate of drug-likeness (QED) is 0.716. The molecular weight excluding hydrogens is 376 g/mol. The van der Waals surface area contributed by atoms with Crippen molar-refractivity contribution in [2.45, 2.75) is 56.8 Å². The first-order chi connectivity index (χ1) is 13.5. The number of carbonyl (C=O) groups is 1. The molecule has 0 radical (unpaired) electrons. The molecule has 8 heteroatoms. The van der Waals surface area contributed by atoms with Crippen molar-refractivity contribution in [3.05, 3.63) is 29.6 Å². The Kier molecular flexibility index (Phi) is 5.48. The minimum Gasteiger partial charge on any atom is -0.454 e. The Morgan fingerprint density at radius 3 is 2.71 bits per heavy atom. The molecule has 2 aliphatic rings. The number of thioether (sulfide) groups is 1. The summed E-state index contributed by atoms with van der Waals surface area (Å²) in [6.45, 7) is 4.56. The summed E-state index contributed by atoms with van der Waals surface area (Å²) in [5.41, 5.74) is 1.09. The summed E-state index contributed by atoms with van der Waals surface area (Å²) in [5.74, 6) is 2.98. The first-order valence-electron chi connectivity index (χ1n) is 9.73. The fourth-order valence-electron chi connectivity index (χ4n) is 3.97. The lowest BCUT2D eigenvalue weighted by Gasteiger charge is -2.39. The van der Waals surface area contributed by atoms with Crippen molar-refractivity contribution in [1.29, 1.82) is 0 Å². The maximum atomic E-state index is 12.7. The molecule has 7 nitrogen and oxygen atoms in total. The van der Waals surface area contributed by atoms with E-state index in [-0.39, 0.29) is 12.7 Å². The van der Waals surface area contributed by atoms with Gasteiger partial charge in [-0.1, -0.05) is 17.8 Å². The lowest BCUT2D eigenvalue weighted by Crippen LogP contribution is -2.48. The summed E-state index contributed by atoms with van der Waals surface area (Å²) in [6, 6.07) is 6.55. The second kappa shape index (κ2) is 8.03. The predicted molar refractivity (Wildman–Crippen MR) is 107 cm³/mol. The van der Waals surface area contributed by atoms with E-state index in [9.17, 15) is 4.79 Å². The van der Waals surface area contributed by atoms with Crippen molar-refractivity contribution < 1.29 is 14.3 Å². The van der Waals surface area contributed by atoms with Crippen LogP contribution in [0, 0.1) is 0 Å². The van der Waals surface area contributed by atoms with Crippen molar-refractivity contribution in [2.75, 3.05) is 12.5 Å². The van der Waals surface area contributed by atoms with E-state index in [1.807, 2.05) is 34.7 Å². The van der Waals surface area contributed by atoms with Gasteiger partial charge in [0.25, 0.3) is 0 Å². The van der Waals surface area contributed by atoms with Crippen LogP contribution in [-0.4, -0.2) is 50.2 Å². The van der Waals surface area contributed by atoms with E-state index in [1.165, 1.54) is 18.2 Å². The molecule has 1 saturated heterocycles. The summed E-state index contributed by atoms with van der Waals surface area (Å²) < 4.78 is 12.8. The Balaban J connectivity index is 1.39. The van der Waals surface area contributed by atoms with Gasteiger partial charge in [-0.15, -0.1) is 10.2 Å². The van der Waals surface area contributed by atoms with Gasteiger partial charge in [-0.25, -0.2) is 0 Å². The van der Waals surface area contributed by atoms with Crippen molar-refractivity contribution >= 4 is 17.7 Å². The van der Waals surface area contributed by atoms with Gasteiger partial charge in [0.05, 0.1) is 5.75 Å². The van der Waals surface area contributed by atoms with Crippen LogP contribution in [0.4, 0.5) is 0 Å². The minimum absolute atomic E-state index is 0.185. The number of hydrogen-bond donors (Lipinski definition) is 0. The summed E-state index contributed by atoms with van der Waals surface area (Å²) in [5, 5.41) is 9.37. The molecule has 1 aromatic heterocycles. The molecule has 1 amide bonds. The van der Waals surface area contributed by atoms with Crippen LogP contribution in [0.2, 0.25) is 0 Å². The minimum atomic E-state index is 0.185. The predicted octanol–water partition coefficient (Wildman–Crippen LogP) is 3.02. The van der Waals surface area contributed by atoms with E-state index in [4.69, 9.17) is 9.47 Å². The second-order valence-electron chi connectivity index (χ2n) is 7.54. The Hall–Kier alpha value is -2.22. The molecule has 2 aromatic rings. The summed E-state index contributed by atoms with van der Waals surface area (Å²) >= 11 is 1.46. The molecule has 1 fully saturated rings. The number of carbonyl (C=O) groups excluding carboxylic acids is 1. The second-order valence-corrected chi connectivity index (χ2v) is 8.48. The smallest absolute Gasteiger partial charge is 0.233 e. The largest absolute Gasteiger partial charge is 0.454 e. The number of fused-ring (bicyclic) bond motifs is 1. The molecule has 2 aliphatic heterocycles. The third-order valence-electron chi connectivity index (χ3n) is 5.53. The van der Waals surface area contributed by atoms with Gasteiger partial charge < -0.3 is 18.9 Å². The number of amides is 1. The van der Waals surface area contributed by atoms with Gasteiger partial charge in [-0.2, -0.15) is 0 Å². The highest BCUT2D eigenvalue weighted by Crippen LogP contribution is 2.33. The zero-order valence-corrected chi connectivity index (χ0v) is 17.4. The molecule has 4 rings (SSSR count). The SMILES string of the molecule is C[C@@H]1CCC[C@@H](C)N1C(=O)CSc1nnc(Cc2ccc3c(c2)OCO3)n1C. The van der Waals surface area contributed by atoms with Crippen LogP contribution in [0.1, 0.15) is 44.5 Å². The molecule has 0 spiro atoms. The molecule has 150 valence electrons. The van der Waals surface area contributed by atoms with Gasteiger partial charge >= 0.3 is 0 Å². The van der Waals surface area contributed by atoms with Crippen LogP contribution < -0.4 is 9.47 Å². The zero-order valence-electron chi connectivity index (χ0n) is 16.6. The number of nitrogens with zero attached hydrogens (tertiary/aromatic N) is 4. The van der Waals surface area contributed by atoms with Gasteiger partial charge in [0, 0.05) is 25.6 Å². The Morgan fingerprint density at radius 2 is 1.93 bits per heavy atom. The standard InChI is InChI=1S/C20H26N4O3S/c1-13-5-4-6-14(2)24(13)19(25)11-28-20-22-21-18(23(20)3)10-15-7-8-16-17(9-15)27-12-26-16/h7-9,13-14H,4-6,10-12H2,1-3H3/t13-,14-/m1/s1. The average Bonchev–Trinajstić information content (AvgIpc) is 3.27. The average molecular weight is 403 g/mol. The molecule has 0 unspecified atom stereocenters. The normalized spacial score (nSPS) is 21.2. The molecule has 1 aromatic carbocycles. The maximum Gasteiger partial charge on any atom is 0.233 e. The van der Waals surface area contributed by atoms with Crippen LogP contribution in [-0.2, 0) is 18.3 Å². The molecule has 3 heterocycles. The number of hydrogen-bond acceptors (Lipinski definition) is 6. The number of benzene rings is 1. The summed E-state index contributed by atoms with van der Waals surface area (Å²) in [4.78, 5) is 14.8. The molecular formula is C20H26N4O3S.